The molecule has 0 aliphatic rings. The second kappa shape index (κ2) is 12.7. The van der Waals surface area contributed by atoms with E-state index in [0.717, 1.165) is 32.8 Å². The Bertz CT molecular complexity index is 3540. The standard InChI is InChI=1S/C57H33N3/c1-4-13-37-31-52-40(28-34(37)10-1)22-25-46-43(52)16-7-19-49(46)55-58-56(50-20-8-17-44-47(50)26-23-41-29-35-11-2-5-14-38(35)32-53(41)44)60-57(59-55)51-21-9-18-45-48(51)27-24-42-30-36-12-3-6-15-39(36)33-54(42)45/h1-33H. The van der Waals surface area contributed by atoms with Crippen molar-refractivity contribution in [3.63, 3.8) is 0 Å². The van der Waals surface area contributed by atoms with Crippen molar-refractivity contribution in [1.29, 1.82) is 0 Å². The molecule has 12 aromatic carbocycles. The average Bonchev–Trinajstić information content (AvgIpc) is 3.31. The molecule has 1 heterocycles. The third-order valence-corrected chi connectivity index (χ3v) is 12.6. The molecule has 60 heavy (non-hydrogen) atoms. The Morgan fingerprint density at radius 1 is 0.183 bits per heavy atom. The maximum Gasteiger partial charge on any atom is 0.164 e. The predicted molar refractivity (Wildman–Crippen MR) is 254 cm³/mol. The first-order chi connectivity index (χ1) is 29.7. The normalized spacial score (nSPS) is 12.0. The van der Waals surface area contributed by atoms with Gasteiger partial charge in [-0.05, 0) is 133 Å². The van der Waals surface area contributed by atoms with Crippen molar-refractivity contribution >= 4 is 97.0 Å². The van der Waals surface area contributed by atoms with Crippen LogP contribution in [-0.2, 0) is 0 Å². The fourth-order valence-corrected chi connectivity index (χ4v) is 9.67. The minimum atomic E-state index is 0.647. The largest absolute Gasteiger partial charge is 0.208 e. The van der Waals surface area contributed by atoms with Crippen LogP contribution in [0.3, 0.4) is 0 Å². The van der Waals surface area contributed by atoms with E-state index >= 15 is 0 Å². The Morgan fingerprint density at radius 2 is 0.467 bits per heavy atom. The number of hydrogen-bond acceptors (Lipinski definition) is 3. The van der Waals surface area contributed by atoms with Gasteiger partial charge in [-0.25, -0.2) is 15.0 Å². The van der Waals surface area contributed by atoms with Crippen LogP contribution in [0, 0.1) is 0 Å². The predicted octanol–water partition coefficient (Wildman–Crippen LogP) is 15.3. The van der Waals surface area contributed by atoms with E-state index in [9.17, 15) is 0 Å². The number of fused-ring (bicyclic) bond motifs is 12. The number of aromatic nitrogens is 3. The molecule has 0 atom stereocenters. The van der Waals surface area contributed by atoms with E-state index in [4.69, 9.17) is 15.0 Å². The van der Waals surface area contributed by atoms with Crippen LogP contribution in [0.4, 0.5) is 0 Å². The molecule has 0 saturated heterocycles. The number of hydrogen-bond donors (Lipinski definition) is 0. The SMILES string of the molecule is c1ccc2cc3c(ccc4c(-c5nc(-c6cccc7c6ccc6cc8ccccc8cc67)nc(-c6cccc7c6ccc6cc8ccccc8cc67)n5)cccc43)cc2c1. The van der Waals surface area contributed by atoms with Gasteiger partial charge in [-0.3, -0.25) is 0 Å². The van der Waals surface area contributed by atoms with Gasteiger partial charge in [0, 0.05) is 16.7 Å². The molecule has 0 aliphatic heterocycles. The van der Waals surface area contributed by atoms with Crippen molar-refractivity contribution in [3.8, 4) is 34.2 Å². The first kappa shape index (κ1) is 33.0. The molecule has 0 bridgehead atoms. The van der Waals surface area contributed by atoms with Gasteiger partial charge in [-0.1, -0.05) is 164 Å². The van der Waals surface area contributed by atoms with Crippen molar-refractivity contribution in [2.75, 3.05) is 0 Å². The zero-order valence-corrected chi connectivity index (χ0v) is 32.4. The average molecular weight is 760 g/mol. The van der Waals surface area contributed by atoms with Gasteiger partial charge in [-0.2, -0.15) is 0 Å². The molecule has 13 rings (SSSR count). The van der Waals surface area contributed by atoms with Crippen LogP contribution in [0.2, 0.25) is 0 Å². The molecule has 276 valence electrons. The second-order valence-electron chi connectivity index (χ2n) is 16.0. The van der Waals surface area contributed by atoms with Crippen molar-refractivity contribution in [3.05, 3.63) is 200 Å². The first-order valence-corrected chi connectivity index (χ1v) is 20.5. The number of benzene rings is 12. The van der Waals surface area contributed by atoms with E-state index in [2.05, 4.69) is 200 Å². The summed E-state index contributed by atoms with van der Waals surface area (Å²) in [4.78, 5) is 16.2. The molecule has 3 heteroatoms. The first-order valence-electron chi connectivity index (χ1n) is 20.5. The van der Waals surface area contributed by atoms with Crippen molar-refractivity contribution < 1.29 is 0 Å². The lowest BCUT2D eigenvalue weighted by Crippen LogP contribution is -2.01. The molecule has 0 amide bonds. The lowest BCUT2D eigenvalue weighted by molar-refractivity contribution is 1.08. The maximum atomic E-state index is 5.40. The summed E-state index contributed by atoms with van der Waals surface area (Å²) in [5.74, 6) is 1.94. The van der Waals surface area contributed by atoms with E-state index in [1.54, 1.807) is 0 Å². The van der Waals surface area contributed by atoms with E-state index in [-0.39, 0.29) is 0 Å². The maximum absolute atomic E-state index is 5.40. The topological polar surface area (TPSA) is 38.7 Å². The molecule has 0 saturated carbocycles. The van der Waals surface area contributed by atoms with Gasteiger partial charge in [-0.15, -0.1) is 0 Å². The minimum absolute atomic E-state index is 0.647. The Kier molecular flexibility index (Phi) is 7.01. The lowest BCUT2D eigenvalue weighted by atomic mass is 9.94. The molecule has 0 N–H and O–H groups in total. The number of nitrogens with zero attached hydrogens (tertiary/aromatic N) is 3. The second-order valence-corrected chi connectivity index (χ2v) is 16.0. The molecule has 0 fully saturated rings. The zero-order chi connectivity index (χ0) is 39.3. The van der Waals surface area contributed by atoms with Gasteiger partial charge in [0.05, 0.1) is 0 Å². The summed E-state index contributed by atoms with van der Waals surface area (Å²) in [5.41, 5.74) is 2.92. The summed E-state index contributed by atoms with van der Waals surface area (Å²) in [6.45, 7) is 0. The van der Waals surface area contributed by atoms with Crippen LogP contribution in [0.15, 0.2) is 200 Å². The molecule has 0 radical (unpaired) electrons. The van der Waals surface area contributed by atoms with Gasteiger partial charge < -0.3 is 0 Å². The van der Waals surface area contributed by atoms with Crippen LogP contribution in [-0.4, -0.2) is 15.0 Å². The van der Waals surface area contributed by atoms with Gasteiger partial charge in [0.15, 0.2) is 17.5 Å². The van der Waals surface area contributed by atoms with Crippen LogP contribution in [0.25, 0.3) is 131 Å². The van der Waals surface area contributed by atoms with E-state index < -0.39 is 0 Å². The highest BCUT2D eigenvalue weighted by Gasteiger charge is 2.19. The lowest BCUT2D eigenvalue weighted by Gasteiger charge is -2.15. The third-order valence-electron chi connectivity index (χ3n) is 12.6. The molecule has 13 aromatic rings. The van der Waals surface area contributed by atoms with Crippen molar-refractivity contribution in [2.24, 2.45) is 0 Å². The summed E-state index contributed by atoms with van der Waals surface area (Å²) in [6, 6.07) is 72.5. The smallest absolute Gasteiger partial charge is 0.164 e. The Morgan fingerprint density at radius 3 is 0.767 bits per heavy atom. The van der Waals surface area contributed by atoms with E-state index in [0.29, 0.717) is 17.5 Å². The van der Waals surface area contributed by atoms with Gasteiger partial charge in [0.1, 0.15) is 0 Å². The summed E-state index contributed by atoms with van der Waals surface area (Å²) >= 11 is 0. The van der Waals surface area contributed by atoms with Gasteiger partial charge in [0.2, 0.25) is 0 Å². The van der Waals surface area contributed by atoms with Gasteiger partial charge in [0.25, 0.3) is 0 Å². The summed E-state index contributed by atoms with van der Waals surface area (Å²) in [5, 5.41) is 21.5. The Balaban J connectivity index is 1.08. The highest BCUT2D eigenvalue weighted by molar-refractivity contribution is 6.18. The fraction of sp³-hybridized carbons (Fsp3) is 0. The molecular weight excluding hydrogens is 727 g/mol. The van der Waals surface area contributed by atoms with Crippen molar-refractivity contribution in [1.82, 2.24) is 15.0 Å². The molecule has 3 nitrogen and oxygen atoms in total. The van der Waals surface area contributed by atoms with E-state index in [1.807, 2.05) is 0 Å². The summed E-state index contributed by atoms with van der Waals surface area (Å²) in [7, 11) is 0. The molecule has 1 aromatic heterocycles. The molecule has 0 unspecified atom stereocenters. The summed E-state index contributed by atoms with van der Waals surface area (Å²) in [6.07, 6.45) is 0. The fourth-order valence-electron chi connectivity index (χ4n) is 9.67. The van der Waals surface area contributed by atoms with Gasteiger partial charge >= 0.3 is 0 Å². The highest BCUT2D eigenvalue weighted by Crippen LogP contribution is 2.40. The molecular formula is C57H33N3. The quantitative estimate of drug-likeness (QED) is 0.133. The van der Waals surface area contributed by atoms with Crippen LogP contribution in [0.1, 0.15) is 0 Å². The summed E-state index contributed by atoms with van der Waals surface area (Å²) < 4.78 is 0. The Hall–Kier alpha value is -8.01. The van der Waals surface area contributed by atoms with E-state index in [1.165, 1.54) is 80.8 Å². The third kappa shape index (κ3) is 5.06. The van der Waals surface area contributed by atoms with Crippen LogP contribution < -0.4 is 0 Å². The highest BCUT2D eigenvalue weighted by atomic mass is 15.0. The minimum Gasteiger partial charge on any atom is -0.208 e. The molecule has 0 aliphatic carbocycles. The van der Waals surface area contributed by atoms with Crippen molar-refractivity contribution in [2.45, 2.75) is 0 Å². The van der Waals surface area contributed by atoms with Crippen LogP contribution in [0.5, 0.6) is 0 Å². The molecule has 0 spiro atoms. The van der Waals surface area contributed by atoms with Crippen LogP contribution >= 0.6 is 0 Å². The zero-order valence-electron chi connectivity index (χ0n) is 32.4. The monoisotopic (exact) mass is 759 g/mol. The Labute approximate surface area is 344 Å². The number of rotatable bonds is 3.